The summed E-state index contributed by atoms with van der Waals surface area (Å²) in [7, 11) is -3.43. The number of aliphatic carboxylic acids is 1. The van der Waals surface area contributed by atoms with Crippen LogP contribution >= 0.6 is 15.9 Å². The molecule has 1 N–H and O–H groups in total. The summed E-state index contributed by atoms with van der Waals surface area (Å²) in [6.45, 7) is 0.147. The fraction of sp³-hybridized carbons (Fsp3) is 0.364. The van der Waals surface area contributed by atoms with Gasteiger partial charge in [0.1, 0.15) is 0 Å². The first-order valence-corrected chi connectivity index (χ1v) is 7.90. The van der Waals surface area contributed by atoms with E-state index in [-0.39, 0.29) is 19.4 Å². The van der Waals surface area contributed by atoms with Gasteiger partial charge in [0.15, 0.2) is 0 Å². The van der Waals surface area contributed by atoms with Crippen molar-refractivity contribution in [2.45, 2.75) is 12.8 Å². The van der Waals surface area contributed by atoms with Crippen LogP contribution in [0, 0.1) is 0 Å². The Balaban J connectivity index is 2.94. The quantitative estimate of drug-likeness (QED) is 0.863. The molecule has 0 aromatic heterocycles. The minimum atomic E-state index is -3.43. The van der Waals surface area contributed by atoms with Gasteiger partial charge in [-0.3, -0.25) is 9.10 Å². The van der Waals surface area contributed by atoms with Crippen molar-refractivity contribution in [3.05, 3.63) is 28.7 Å². The van der Waals surface area contributed by atoms with Gasteiger partial charge in [0.25, 0.3) is 0 Å². The summed E-state index contributed by atoms with van der Waals surface area (Å²) >= 11 is 3.29. The lowest BCUT2D eigenvalue weighted by atomic mass is 10.3. The van der Waals surface area contributed by atoms with E-state index in [4.69, 9.17) is 5.11 Å². The van der Waals surface area contributed by atoms with Crippen LogP contribution in [0.3, 0.4) is 0 Å². The van der Waals surface area contributed by atoms with E-state index in [1.807, 2.05) is 0 Å². The molecule has 0 fully saturated rings. The molecular weight excluding hydrogens is 322 g/mol. The number of nitrogens with zero attached hydrogens (tertiary/aromatic N) is 1. The lowest BCUT2D eigenvalue weighted by Crippen LogP contribution is -2.31. The SMILES string of the molecule is CS(=O)(=O)N(CCCC(=O)O)c1ccccc1Br. The van der Waals surface area contributed by atoms with Crippen molar-refractivity contribution in [1.82, 2.24) is 0 Å². The van der Waals surface area contributed by atoms with Crippen LogP contribution in [0.5, 0.6) is 0 Å². The topological polar surface area (TPSA) is 74.7 Å². The number of rotatable bonds is 6. The highest BCUT2D eigenvalue weighted by atomic mass is 79.9. The predicted octanol–water partition coefficient (Wildman–Crippen LogP) is 2.08. The maximum atomic E-state index is 11.7. The van der Waals surface area contributed by atoms with Crippen molar-refractivity contribution in [1.29, 1.82) is 0 Å². The zero-order valence-corrected chi connectivity index (χ0v) is 12.2. The molecule has 0 saturated carbocycles. The Labute approximate surface area is 115 Å². The van der Waals surface area contributed by atoms with Crippen molar-refractivity contribution >= 4 is 37.6 Å². The van der Waals surface area contributed by atoms with Gasteiger partial charge < -0.3 is 5.11 Å². The van der Waals surface area contributed by atoms with E-state index >= 15 is 0 Å². The van der Waals surface area contributed by atoms with E-state index in [2.05, 4.69) is 15.9 Å². The number of carboxylic acid groups (broad SMARTS) is 1. The predicted molar refractivity (Wildman–Crippen MR) is 73.2 cm³/mol. The van der Waals surface area contributed by atoms with Crippen molar-refractivity contribution in [3.63, 3.8) is 0 Å². The molecule has 7 heteroatoms. The number of para-hydroxylation sites is 1. The zero-order chi connectivity index (χ0) is 13.8. The largest absolute Gasteiger partial charge is 0.481 e. The van der Waals surface area contributed by atoms with Crippen molar-refractivity contribution < 1.29 is 18.3 Å². The first-order chi connectivity index (χ1) is 8.32. The highest BCUT2D eigenvalue weighted by Gasteiger charge is 2.19. The fourth-order valence-corrected chi connectivity index (χ4v) is 3.09. The van der Waals surface area contributed by atoms with Crippen LogP contribution in [0.1, 0.15) is 12.8 Å². The van der Waals surface area contributed by atoms with E-state index < -0.39 is 16.0 Å². The van der Waals surface area contributed by atoms with Gasteiger partial charge in [-0.15, -0.1) is 0 Å². The van der Waals surface area contributed by atoms with E-state index in [0.717, 1.165) is 6.26 Å². The molecule has 0 atom stereocenters. The van der Waals surface area contributed by atoms with E-state index in [9.17, 15) is 13.2 Å². The molecule has 5 nitrogen and oxygen atoms in total. The Hall–Kier alpha value is -1.08. The highest BCUT2D eigenvalue weighted by Crippen LogP contribution is 2.27. The molecule has 0 bridgehead atoms. The van der Waals surface area contributed by atoms with Crippen LogP contribution in [0.15, 0.2) is 28.7 Å². The first kappa shape index (κ1) is 15.0. The number of hydrogen-bond donors (Lipinski definition) is 1. The Kier molecular flexibility index (Phi) is 5.15. The molecule has 1 aromatic carbocycles. The second kappa shape index (κ2) is 6.19. The molecule has 1 rings (SSSR count). The summed E-state index contributed by atoms with van der Waals surface area (Å²) in [6.07, 6.45) is 1.31. The third-order valence-corrected chi connectivity index (χ3v) is 4.12. The Bertz CT molecular complexity index is 530. The summed E-state index contributed by atoms with van der Waals surface area (Å²) in [5.41, 5.74) is 0.519. The molecule has 100 valence electrons. The molecule has 1 aromatic rings. The molecule has 0 aliphatic carbocycles. The maximum Gasteiger partial charge on any atom is 0.303 e. The molecular formula is C11H14BrNO4S. The average Bonchev–Trinajstić information content (AvgIpc) is 2.24. The van der Waals surface area contributed by atoms with Crippen LogP contribution in [0.2, 0.25) is 0 Å². The molecule has 0 aliphatic heterocycles. The van der Waals surface area contributed by atoms with Crippen molar-refractivity contribution in [3.8, 4) is 0 Å². The Morgan fingerprint density at radius 3 is 2.50 bits per heavy atom. The van der Waals surface area contributed by atoms with Gasteiger partial charge in [-0.25, -0.2) is 8.42 Å². The fourth-order valence-electron chi connectivity index (χ4n) is 1.49. The van der Waals surface area contributed by atoms with Gasteiger partial charge in [0, 0.05) is 17.4 Å². The van der Waals surface area contributed by atoms with Crippen molar-refractivity contribution in [2.75, 3.05) is 17.1 Å². The van der Waals surface area contributed by atoms with Gasteiger partial charge in [-0.1, -0.05) is 12.1 Å². The maximum absolute atomic E-state index is 11.7. The van der Waals surface area contributed by atoms with E-state index in [0.29, 0.717) is 10.2 Å². The molecule has 0 amide bonds. The summed E-state index contributed by atoms with van der Waals surface area (Å²) in [5, 5.41) is 8.58. The minimum Gasteiger partial charge on any atom is -0.481 e. The molecule has 18 heavy (non-hydrogen) atoms. The zero-order valence-electron chi connectivity index (χ0n) is 9.84. The van der Waals surface area contributed by atoms with Crippen LogP contribution in [-0.4, -0.2) is 32.3 Å². The normalized spacial score (nSPS) is 11.2. The van der Waals surface area contributed by atoms with Gasteiger partial charge in [0.05, 0.1) is 11.9 Å². The van der Waals surface area contributed by atoms with Gasteiger partial charge in [0.2, 0.25) is 10.0 Å². The number of anilines is 1. The number of carbonyl (C=O) groups is 1. The standard InChI is InChI=1S/C11H14BrNO4S/c1-18(16,17)13(8-4-7-11(14)15)10-6-3-2-5-9(10)12/h2-3,5-6H,4,7-8H2,1H3,(H,14,15). The summed E-state index contributed by atoms with van der Waals surface area (Å²) < 4.78 is 25.3. The number of carboxylic acids is 1. The van der Waals surface area contributed by atoms with E-state index in [1.54, 1.807) is 24.3 Å². The third-order valence-electron chi connectivity index (χ3n) is 2.27. The van der Waals surface area contributed by atoms with Crippen LogP contribution in [-0.2, 0) is 14.8 Å². The Morgan fingerprint density at radius 1 is 1.39 bits per heavy atom. The molecule has 0 aliphatic rings. The second-order valence-electron chi connectivity index (χ2n) is 3.78. The highest BCUT2D eigenvalue weighted by molar-refractivity contribution is 9.10. The number of benzene rings is 1. The molecule has 0 radical (unpaired) electrons. The number of halogens is 1. The van der Waals surface area contributed by atoms with E-state index in [1.165, 1.54) is 4.31 Å². The number of sulfonamides is 1. The monoisotopic (exact) mass is 335 g/mol. The minimum absolute atomic E-state index is 0.0591. The molecule has 0 spiro atoms. The van der Waals surface area contributed by atoms with Crippen molar-refractivity contribution in [2.24, 2.45) is 0 Å². The van der Waals surface area contributed by atoms with Crippen LogP contribution in [0.25, 0.3) is 0 Å². The lowest BCUT2D eigenvalue weighted by molar-refractivity contribution is -0.137. The molecule has 0 heterocycles. The summed E-state index contributed by atoms with van der Waals surface area (Å²) in [5.74, 6) is -0.935. The van der Waals surface area contributed by atoms with Crippen LogP contribution in [0.4, 0.5) is 5.69 Å². The summed E-state index contributed by atoms with van der Waals surface area (Å²) in [6, 6.07) is 6.93. The third kappa shape index (κ3) is 4.30. The number of hydrogen-bond acceptors (Lipinski definition) is 3. The summed E-state index contributed by atoms with van der Waals surface area (Å²) in [4.78, 5) is 10.5. The average molecular weight is 336 g/mol. The lowest BCUT2D eigenvalue weighted by Gasteiger charge is -2.23. The Morgan fingerprint density at radius 2 is 2.00 bits per heavy atom. The molecule has 0 unspecified atom stereocenters. The van der Waals surface area contributed by atoms with Gasteiger partial charge >= 0.3 is 5.97 Å². The van der Waals surface area contributed by atoms with Gasteiger partial charge in [-0.05, 0) is 34.5 Å². The van der Waals surface area contributed by atoms with Crippen LogP contribution < -0.4 is 4.31 Å². The first-order valence-electron chi connectivity index (χ1n) is 5.26. The smallest absolute Gasteiger partial charge is 0.303 e. The van der Waals surface area contributed by atoms with Gasteiger partial charge in [-0.2, -0.15) is 0 Å². The molecule has 0 saturated heterocycles. The second-order valence-corrected chi connectivity index (χ2v) is 6.54.